The van der Waals surface area contributed by atoms with Gasteiger partial charge in [-0.25, -0.2) is 0 Å². The number of halogens is 4. The molecule has 3 nitrogen and oxygen atoms in total. The fourth-order valence-corrected chi connectivity index (χ4v) is 3.47. The normalized spacial score (nSPS) is 11.9. The maximum absolute atomic E-state index is 12.4. The van der Waals surface area contributed by atoms with E-state index in [-0.39, 0.29) is 11.8 Å². The number of nitrogens with zero attached hydrogens (tertiary/aromatic N) is 1. The highest BCUT2D eigenvalue weighted by Gasteiger charge is 2.17. The van der Waals surface area contributed by atoms with E-state index in [1.54, 1.807) is 36.7 Å². The third-order valence-corrected chi connectivity index (χ3v) is 5.81. The van der Waals surface area contributed by atoms with Gasteiger partial charge in [0.1, 0.15) is 0 Å². The highest BCUT2D eigenvalue weighted by Crippen LogP contribution is 2.30. The number of hydrogen-bond donors (Lipinski definition) is 1. The molecule has 2 aromatic carbocycles. The second-order valence-electron chi connectivity index (χ2n) is 6.27. The Morgan fingerprint density at radius 2 is 1.50 bits per heavy atom. The Hall–Kier alpha value is -1.78. The minimum atomic E-state index is -0.165. The Bertz CT molecular complexity index is 979. The number of aromatic nitrogens is 1. The zero-order chi connectivity index (χ0) is 20.1. The molecule has 0 aliphatic rings. The third-order valence-electron chi connectivity index (χ3n) is 4.33. The summed E-state index contributed by atoms with van der Waals surface area (Å²) in [7, 11) is 0. The number of pyridine rings is 1. The van der Waals surface area contributed by atoms with Crippen LogP contribution < -0.4 is 5.32 Å². The molecule has 0 radical (unpaired) electrons. The van der Waals surface area contributed by atoms with E-state index in [9.17, 15) is 4.79 Å². The standard InChI is InChI=1S/C21H16Cl4N2O/c22-17-3-1-13(10-19(17)24)9-16(15-2-4-18(23)20(25)11-15)12-27-21(28)14-5-7-26-8-6-14/h1-8,10-11,16H,9,12H2,(H,27,28). The molecule has 0 bridgehead atoms. The Labute approximate surface area is 183 Å². The Balaban J connectivity index is 1.82. The second kappa shape index (κ2) is 9.62. The lowest BCUT2D eigenvalue weighted by Crippen LogP contribution is -2.29. The van der Waals surface area contributed by atoms with Gasteiger partial charge in [-0.2, -0.15) is 0 Å². The number of hydrogen-bond acceptors (Lipinski definition) is 2. The topological polar surface area (TPSA) is 42.0 Å². The summed E-state index contributed by atoms with van der Waals surface area (Å²) in [5.74, 6) is -0.195. The average Bonchev–Trinajstić information content (AvgIpc) is 2.70. The van der Waals surface area contributed by atoms with Crippen LogP contribution in [0, 0.1) is 0 Å². The van der Waals surface area contributed by atoms with Crippen LogP contribution in [0.4, 0.5) is 0 Å². The number of benzene rings is 2. The van der Waals surface area contributed by atoms with Crippen molar-refractivity contribution in [1.82, 2.24) is 10.3 Å². The van der Waals surface area contributed by atoms with E-state index < -0.39 is 0 Å². The minimum Gasteiger partial charge on any atom is -0.351 e. The van der Waals surface area contributed by atoms with Crippen LogP contribution in [-0.2, 0) is 6.42 Å². The molecule has 1 aromatic heterocycles. The number of rotatable bonds is 6. The van der Waals surface area contributed by atoms with Crippen LogP contribution in [0.15, 0.2) is 60.9 Å². The summed E-state index contributed by atoms with van der Waals surface area (Å²) in [4.78, 5) is 16.4. The van der Waals surface area contributed by atoms with Crippen molar-refractivity contribution in [2.75, 3.05) is 6.54 Å². The summed E-state index contributed by atoms with van der Waals surface area (Å²) in [5.41, 5.74) is 2.52. The van der Waals surface area contributed by atoms with Crippen molar-refractivity contribution in [3.63, 3.8) is 0 Å². The number of amides is 1. The van der Waals surface area contributed by atoms with Crippen molar-refractivity contribution in [1.29, 1.82) is 0 Å². The highest BCUT2D eigenvalue weighted by molar-refractivity contribution is 6.42. The molecular formula is C21H16Cl4N2O. The first-order chi connectivity index (χ1) is 13.4. The first kappa shape index (κ1) is 20.9. The maximum Gasteiger partial charge on any atom is 0.251 e. The van der Waals surface area contributed by atoms with Gasteiger partial charge in [-0.15, -0.1) is 0 Å². The van der Waals surface area contributed by atoms with Crippen molar-refractivity contribution in [3.8, 4) is 0 Å². The molecule has 0 spiro atoms. The summed E-state index contributed by atoms with van der Waals surface area (Å²) in [6, 6.07) is 14.3. The molecule has 1 unspecified atom stereocenters. The van der Waals surface area contributed by atoms with Gasteiger partial charge in [0.05, 0.1) is 20.1 Å². The molecule has 0 aliphatic heterocycles. The van der Waals surface area contributed by atoms with Crippen LogP contribution in [0.5, 0.6) is 0 Å². The molecule has 144 valence electrons. The molecule has 1 amide bonds. The second-order valence-corrected chi connectivity index (χ2v) is 7.90. The van der Waals surface area contributed by atoms with Gasteiger partial charge in [0, 0.05) is 30.4 Å². The van der Waals surface area contributed by atoms with Gasteiger partial charge in [0.15, 0.2) is 0 Å². The van der Waals surface area contributed by atoms with Crippen LogP contribution in [0.1, 0.15) is 27.4 Å². The Morgan fingerprint density at radius 3 is 2.14 bits per heavy atom. The molecular weight excluding hydrogens is 438 g/mol. The van der Waals surface area contributed by atoms with Gasteiger partial charge in [0.2, 0.25) is 0 Å². The molecule has 3 aromatic rings. The number of nitrogens with one attached hydrogen (secondary N) is 1. The predicted molar refractivity (Wildman–Crippen MR) is 116 cm³/mol. The van der Waals surface area contributed by atoms with E-state index >= 15 is 0 Å². The van der Waals surface area contributed by atoms with Gasteiger partial charge in [-0.3, -0.25) is 9.78 Å². The summed E-state index contributed by atoms with van der Waals surface area (Å²) < 4.78 is 0. The van der Waals surface area contributed by atoms with E-state index in [0.717, 1.165) is 11.1 Å². The molecule has 1 N–H and O–H groups in total. The lowest BCUT2D eigenvalue weighted by Gasteiger charge is -2.19. The highest BCUT2D eigenvalue weighted by atomic mass is 35.5. The van der Waals surface area contributed by atoms with Crippen LogP contribution in [0.3, 0.4) is 0 Å². The van der Waals surface area contributed by atoms with Gasteiger partial charge < -0.3 is 5.32 Å². The quantitative estimate of drug-likeness (QED) is 0.465. The van der Waals surface area contributed by atoms with Crippen molar-refractivity contribution in [3.05, 3.63) is 97.7 Å². The van der Waals surface area contributed by atoms with Gasteiger partial charge in [0.25, 0.3) is 5.91 Å². The van der Waals surface area contributed by atoms with Crippen LogP contribution in [-0.4, -0.2) is 17.4 Å². The van der Waals surface area contributed by atoms with E-state index in [1.165, 1.54) is 0 Å². The zero-order valence-electron chi connectivity index (χ0n) is 14.6. The van der Waals surface area contributed by atoms with Gasteiger partial charge in [-0.05, 0) is 53.9 Å². The van der Waals surface area contributed by atoms with E-state index in [0.29, 0.717) is 38.6 Å². The van der Waals surface area contributed by atoms with Crippen LogP contribution in [0.2, 0.25) is 20.1 Å². The molecule has 28 heavy (non-hydrogen) atoms. The van der Waals surface area contributed by atoms with Crippen molar-refractivity contribution >= 4 is 52.3 Å². The van der Waals surface area contributed by atoms with Crippen LogP contribution >= 0.6 is 46.4 Å². The lowest BCUT2D eigenvalue weighted by molar-refractivity contribution is 0.0951. The largest absolute Gasteiger partial charge is 0.351 e. The summed E-state index contributed by atoms with van der Waals surface area (Å²) >= 11 is 24.4. The summed E-state index contributed by atoms with van der Waals surface area (Å²) in [6.07, 6.45) is 3.81. The molecule has 0 aliphatic carbocycles. The molecule has 7 heteroatoms. The number of carbonyl (C=O) groups excluding carboxylic acids is 1. The SMILES string of the molecule is O=C(NCC(Cc1ccc(Cl)c(Cl)c1)c1ccc(Cl)c(Cl)c1)c1ccncc1. The minimum absolute atomic E-state index is 0.0298. The van der Waals surface area contributed by atoms with Crippen molar-refractivity contribution in [2.24, 2.45) is 0 Å². The van der Waals surface area contributed by atoms with Crippen LogP contribution in [0.25, 0.3) is 0 Å². The Kier molecular flexibility index (Phi) is 7.19. The molecule has 1 atom stereocenters. The summed E-state index contributed by atoms with van der Waals surface area (Å²) in [5, 5.41) is 4.93. The molecule has 0 saturated carbocycles. The fourth-order valence-electron chi connectivity index (χ4n) is 2.85. The smallest absolute Gasteiger partial charge is 0.251 e. The zero-order valence-corrected chi connectivity index (χ0v) is 17.7. The number of carbonyl (C=O) groups is 1. The first-order valence-electron chi connectivity index (χ1n) is 8.51. The van der Waals surface area contributed by atoms with E-state index in [1.807, 2.05) is 24.3 Å². The molecule has 3 rings (SSSR count). The Morgan fingerprint density at radius 1 is 0.857 bits per heavy atom. The fraction of sp³-hybridized carbons (Fsp3) is 0.143. The maximum atomic E-state index is 12.4. The van der Waals surface area contributed by atoms with Gasteiger partial charge in [-0.1, -0.05) is 58.5 Å². The lowest BCUT2D eigenvalue weighted by atomic mass is 9.91. The third kappa shape index (κ3) is 5.39. The first-order valence-corrected chi connectivity index (χ1v) is 10.0. The molecule has 0 saturated heterocycles. The van der Waals surface area contributed by atoms with Gasteiger partial charge >= 0.3 is 0 Å². The van der Waals surface area contributed by atoms with Crippen molar-refractivity contribution < 1.29 is 4.79 Å². The van der Waals surface area contributed by atoms with Crippen molar-refractivity contribution in [2.45, 2.75) is 12.3 Å². The predicted octanol–water partition coefficient (Wildman–Crippen LogP) is 6.45. The summed E-state index contributed by atoms with van der Waals surface area (Å²) in [6.45, 7) is 0.416. The molecule has 1 heterocycles. The monoisotopic (exact) mass is 452 g/mol. The van der Waals surface area contributed by atoms with E-state index in [4.69, 9.17) is 46.4 Å². The average molecular weight is 454 g/mol. The van der Waals surface area contributed by atoms with E-state index in [2.05, 4.69) is 10.3 Å². The molecule has 0 fully saturated rings.